The van der Waals surface area contributed by atoms with E-state index >= 15 is 0 Å². The first-order valence-electron chi connectivity index (χ1n) is 8.29. The molecule has 0 aliphatic carbocycles. The van der Waals surface area contributed by atoms with E-state index in [1.807, 2.05) is 0 Å². The molecule has 7 nitrogen and oxygen atoms in total. The van der Waals surface area contributed by atoms with Crippen molar-refractivity contribution in [3.63, 3.8) is 0 Å². The number of nitrogens with one attached hydrogen (secondary N) is 2. The molecule has 2 aromatic rings. The predicted molar refractivity (Wildman–Crippen MR) is 103 cm³/mol. The summed E-state index contributed by atoms with van der Waals surface area (Å²) in [6.45, 7) is 3.37. The molecule has 0 heterocycles. The Hall–Kier alpha value is -2.87. The van der Waals surface area contributed by atoms with Crippen LogP contribution in [0.5, 0.6) is 0 Å². The van der Waals surface area contributed by atoms with Crippen molar-refractivity contribution < 1.29 is 23.1 Å². The van der Waals surface area contributed by atoms with Crippen LogP contribution >= 0.6 is 0 Å². The number of carbonyl (C=O) groups is 2. The van der Waals surface area contributed by atoms with Crippen LogP contribution in [-0.4, -0.2) is 31.7 Å². The molecule has 8 heteroatoms. The topological polar surface area (TPSA) is 113 Å². The lowest BCUT2D eigenvalue weighted by Crippen LogP contribution is -2.51. The second kappa shape index (κ2) is 7.79. The van der Waals surface area contributed by atoms with Gasteiger partial charge in [0.15, 0.2) is 5.54 Å². The van der Waals surface area contributed by atoms with Crippen molar-refractivity contribution in [2.24, 2.45) is 0 Å². The Morgan fingerprint density at radius 1 is 1.11 bits per heavy atom. The summed E-state index contributed by atoms with van der Waals surface area (Å²) in [6, 6.07) is 13.0. The number of aliphatic carboxylic acids is 1. The van der Waals surface area contributed by atoms with E-state index in [0.29, 0.717) is 11.1 Å². The van der Waals surface area contributed by atoms with Gasteiger partial charge in [-0.2, -0.15) is 0 Å². The number of hydrogen-bond acceptors (Lipinski definition) is 4. The lowest BCUT2D eigenvalue weighted by molar-refractivity contribution is -0.145. The average Bonchev–Trinajstić information content (AvgIpc) is 2.60. The number of rotatable bonds is 7. The molecule has 1 atom stereocenters. The summed E-state index contributed by atoms with van der Waals surface area (Å²) in [4.78, 5) is 24.8. The highest BCUT2D eigenvalue weighted by Gasteiger charge is 2.40. The molecule has 0 fully saturated rings. The van der Waals surface area contributed by atoms with E-state index in [-0.39, 0.29) is 17.7 Å². The van der Waals surface area contributed by atoms with Crippen molar-refractivity contribution in [1.29, 1.82) is 0 Å². The third-order valence-corrected chi connectivity index (χ3v) is 4.87. The van der Waals surface area contributed by atoms with Crippen molar-refractivity contribution in [3.05, 3.63) is 65.2 Å². The minimum atomic E-state index is -3.51. The minimum absolute atomic E-state index is 0.137. The Morgan fingerprint density at radius 2 is 1.74 bits per heavy atom. The maximum atomic E-state index is 12.8. The van der Waals surface area contributed by atoms with Gasteiger partial charge >= 0.3 is 5.97 Å². The highest BCUT2D eigenvalue weighted by atomic mass is 32.2. The monoisotopic (exact) mass is 390 g/mol. The molecule has 0 saturated carbocycles. The van der Waals surface area contributed by atoms with Crippen molar-refractivity contribution in [2.75, 3.05) is 11.0 Å². The number of amides is 1. The first-order chi connectivity index (χ1) is 12.6. The molecule has 2 rings (SSSR count). The summed E-state index contributed by atoms with van der Waals surface area (Å²) in [6.07, 6.45) is 1.15. The molecule has 144 valence electrons. The van der Waals surface area contributed by atoms with Crippen molar-refractivity contribution in [1.82, 2.24) is 5.32 Å². The molecule has 0 spiro atoms. The van der Waals surface area contributed by atoms with Crippen molar-refractivity contribution in [2.45, 2.75) is 25.8 Å². The normalized spacial score (nSPS) is 13.4. The number of aryl methyl sites for hydroxylation is 1. The maximum absolute atomic E-state index is 12.8. The van der Waals surface area contributed by atoms with Gasteiger partial charge in [-0.3, -0.25) is 9.52 Å². The fourth-order valence-electron chi connectivity index (χ4n) is 2.75. The molecule has 0 aliphatic rings. The number of benzene rings is 2. The molecule has 3 N–H and O–H groups in total. The molecule has 27 heavy (non-hydrogen) atoms. The van der Waals surface area contributed by atoms with Crippen LogP contribution in [0.3, 0.4) is 0 Å². The molecule has 0 radical (unpaired) electrons. The van der Waals surface area contributed by atoms with E-state index in [4.69, 9.17) is 0 Å². The fourth-order valence-corrected chi connectivity index (χ4v) is 3.37. The van der Waals surface area contributed by atoms with Gasteiger partial charge < -0.3 is 10.4 Å². The lowest BCUT2D eigenvalue weighted by atomic mass is 9.87. The van der Waals surface area contributed by atoms with Crippen LogP contribution < -0.4 is 10.0 Å². The first kappa shape index (κ1) is 20.4. The lowest BCUT2D eigenvalue weighted by Gasteiger charge is -2.30. The summed E-state index contributed by atoms with van der Waals surface area (Å²) in [7, 11) is -3.51. The summed E-state index contributed by atoms with van der Waals surface area (Å²) >= 11 is 0. The van der Waals surface area contributed by atoms with E-state index in [0.717, 1.165) is 6.26 Å². The number of carboxylic acid groups (broad SMARTS) is 1. The molecule has 0 aliphatic heterocycles. The van der Waals surface area contributed by atoms with E-state index in [1.54, 1.807) is 50.2 Å². The zero-order valence-electron chi connectivity index (χ0n) is 15.3. The molecule has 0 bridgehead atoms. The summed E-state index contributed by atoms with van der Waals surface area (Å²) in [5.41, 5.74) is -0.0767. The smallest absolute Gasteiger partial charge is 0.334 e. The Kier molecular flexibility index (Phi) is 5.90. The van der Waals surface area contributed by atoms with Gasteiger partial charge in [0.05, 0.1) is 11.9 Å². The first-order valence-corrected chi connectivity index (χ1v) is 10.2. The number of sulfonamides is 1. The fraction of sp³-hybridized carbons (Fsp3) is 0.263. The summed E-state index contributed by atoms with van der Waals surface area (Å²) in [5.74, 6) is -1.79. The number of hydrogen-bond donors (Lipinski definition) is 3. The van der Waals surface area contributed by atoms with E-state index in [1.165, 1.54) is 12.1 Å². The van der Waals surface area contributed by atoms with Crippen molar-refractivity contribution in [3.8, 4) is 0 Å². The van der Waals surface area contributed by atoms with Crippen LogP contribution in [0.2, 0.25) is 0 Å². The zero-order chi connectivity index (χ0) is 20.2. The van der Waals surface area contributed by atoms with E-state index in [9.17, 15) is 23.1 Å². The van der Waals surface area contributed by atoms with Crippen LogP contribution in [0.1, 0.15) is 34.8 Å². The van der Waals surface area contributed by atoms with Gasteiger partial charge in [-0.05, 0) is 36.6 Å². The average molecular weight is 390 g/mol. The van der Waals surface area contributed by atoms with Crippen LogP contribution in [-0.2, 0) is 20.4 Å². The van der Waals surface area contributed by atoms with Crippen LogP contribution in [0.15, 0.2) is 48.5 Å². The standard InChI is InChI=1S/C19H22N2O5S/c1-4-19(18(23)24,15-8-6-5-7-9-15)20-17(22)14-11-10-13(2)16(12-14)21-27(3,25)26/h5-12,21H,4H2,1-3H3,(H,20,22)(H,23,24). The molecule has 0 aromatic heterocycles. The number of carbonyl (C=O) groups excluding carboxylic acids is 1. The number of carboxylic acids is 1. The van der Waals surface area contributed by atoms with Gasteiger partial charge in [-0.15, -0.1) is 0 Å². The Balaban J connectivity index is 2.42. The van der Waals surface area contributed by atoms with E-state index in [2.05, 4.69) is 10.0 Å². The summed E-state index contributed by atoms with van der Waals surface area (Å²) < 4.78 is 25.3. The van der Waals surface area contributed by atoms with E-state index < -0.39 is 27.4 Å². The van der Waals surface area contributed by atoms with Gasteiger partial charge in [0.2, 0.25) is 10.0 Å². The van der Waals surface area contributed by atoms with Crippen LogP contribution in [0.25, 0.3) is 0 Å². The minimum Gasteiger partial charge on any atom is -0.479 e. The maximum Gasteiger partial charge on any atom is 0.334 e. The molecule has 2 aromatic carbocycles. The SMILES string of the molecule is CCC(NC(=O)c1ccc(C)c(NS(C)(=O)=O)c1)(C(=O)O)c1ccccc1. The molecular weight excluding hydrogens is 368 g/mol. The number of anilines is 1. The Labute approximate surface area is 158 Å². The predicted octanol–water partition coefficient (Wildman–Crippen LogP) is 2.49. The second-order valence-corrected chi connectivity index (χ2v) is 8.04. The van der Waals surface area contributed by atoms with Gasteiger partial charge in [-0.25, -0.2) is 13.2 Å². The second-order valence-electron chi connectivity index (χ2n) is 6.29. The van der Waals surface area contributed by atoms with Gasteiger partial charge in [0.1, 0.15) is 0 Å². The van der Waals surface area contributed by atoms with Gasteiger partial charge in [0.25, 0.3) is 5.91 Å². The third kappa shape index (κ3) is 4.65. The quantitative estimate of drug-likeness (QED) is 0.672. The Bertz CT molecular complexity index is 957. The molecule has 0 saturated heterocycles. The Morgan fingerprint density at radius 3 is 2.26 bits per heavy atom. The van der Waals surface area contributed by atoms with Gasteiger partial charge in [-0.1, -0.05) is 43.3 Å². The van der Waals surface area contributed by atoms with Crippen LogP contribution in [0.4, 0.5) is 5.69 Å². The highest BCUT2D eigenvalue weighted by Crippen LogP contribution is 2.27. The van der Waals surface area contributed by atoms with Gasteiger partial charge in [0, 0.05) is 5.56 Å². The summed E-state index contributed by atoms with van der Waals surface area (Å²) in [5, 5.41) is 12.4. The largest absolute Gasteiger partial charge is 0.479 e. The zero-order valence-corrected chi connectivity index (χ0v) is 16.1. The highest BCUT2D eigenvalue weighted by molar-refractivity contribution is 7.92. The molecular formula is C19H22N2O5S. The van der Waals surface area contributed by atoms with Crippen molar-refractivity contribution >= 4 is 27.6 Å². The van der Waals surface area contributed by atoms with Crippen LogP contribution in [0, 0.1) is 6.92 Å². The molecule has 1 amide bonds. The molecule has 1 unspecified atom stereocenters. The third-order valence-electron chi connectivity index (χ3n) is 4.28.